The van der Waals surface area contributed by atoms with Crippen LogP contribution >= 0.6 is 15.6 Å². The molecule has 19 heteroatoms. The molecule has 0 aliphatic carbocycles. The van der Waals surface area contributed by atoms with Gasteiger partial charge in [-0.1, -0.05) is 329 Å². The van der Waals surface area contributed by atoms with E-state index in [1.807, 2.05) is 18.2 Å². The number of ether oxygens (including phenoxy) is 4. The molecule has 5 unspecified atom stereocenters. The highest BCUT2D eigenvalue weighted by Gasteiger charge is 2.30. The third-order valence-electron chi connectivity index (χ3n) is 17.0. The summed E-state index contributed by atoms with van der Waals surface area (Å²) >= 11 is 0. The van der Waals surface area contributed by atoms with Crippen LogP contribution in [-0.2, 0) is 65.4 Å². The second-order valence-corrected chi connectivity index (χ2v) is 29.9. The Morgan fingerprint density at radius 2 is 0.519 bits per heavy atom. The SMILES string of the molecule is CC/C=C\C/C=C\C/C=C\C/C=C\C/C=C\C/C=C\CCC(=O)OCC(COP(=O)(O)OCC(O)COP(=O)(O)OCC(COC(=O)CCCCCCCC/C=C\C/C=C\C/C=C\C/C=C\CC)OC(=O)CCCCCCCCCCCCC)OC(=O)CCCCCCCCCCCCCCCCC. The van der Waals surface area contributed by atoms with Crippen molar-refractivity contribution >= 4 is 39.5 Å². The Balaban J connectivity index is 5.37. The average Bonchev–Trinajstić information content (AvgIpc) is 0.929. The van der Waals surface area contributed by atoms with Crippen LogP contribution < -0.4 is 0 Å². The topological polar surface area (TPSA) is 237 Å². The van der Waals surface area contributed by atoms with Crippen LogP contribution in [0, 0.1) is 0 Å². The average molecular weight is 1500 g/mol. The van der Waals surface area contributed by atoms with Crippen molar-refractivity contribution in [2.75, 3.05) is 39.6 Å². The van der Waals surface area contributed by atoms with Gasteiger partial charge in [0, 0.05) is 25.7 Å². The standard InChI is InChI=1S/C85H146O17P2/c1-5-9-13-17-21-25-29-32-35-37-39-41-44-46-50-53-57-61-65-69-82(87)95-75-80(101-84(89)71-67-63-59-55-49-28-24-20-16-12-8-4)77-99-103(91,92)97-73-79(86)74-98-104(93,94)100-78-81(102-85(90)72-68-64-60-56-52-48-43-34-31-27-23-19-15-11-7-3)76-96-83(88)70-66-62-58-54-51-47-45-42-40-38-36-33-30-26-22-18-14-10-6-2/h9-10,13-14,21-22,25-26,32-33,35-36,39-42,47,51,58,62,79-81,86H,5-8,11-12,15-20,23-24,27-31,34,37-38,43-46,48-50,52-57,59-61,63-78H2,1-4H3,(H,91,92)(H,93,94)/b13-9-,14-10-,25-21-,26-22-,35-32-,36-33-,41-39-,42-40-,51-47-,62-58-. The predicted molar refractivity (Wildman–Crippen MR) is 427 cm³/mol. The molecule has 0 aliphatic rings. The summed E-state index contributed by atoms with van der Waals surface area (Å²) in [6, 6.07) is 0. The van der Waals surface area contributed by atoms with E-state index < -0.39 is 97.5 Å². The van der Waals surface area contributed by atoms with E-state index in [9.17, 15) is 43.2 Å². The Kier molecular flexibility index (Phi) is 73.3. The first kappa shape index (κ1) is 99.5. The maximum Gasteiger partial charge on any atom is 0.472 e. The summed E-state index contributed by atoms with van der Waals surface area (Å²) in [7, 11) is -9.97. The molecule has 0 rings (SSSR count). The molecule has 3 N–H and O–H groups in total. The van der Waals surface area contributed by atoms with Gasteiger partial charge in [-0.15, -0.1) is 0 Å². The highest BCUT2D eigenvalue weighted by molar-refractivity contribution is 7.47. The molecule has 104 heavy (non-hydrogen) atoms. The van der Waals surface area contributed by atoms with Crippen molar-refractivity contribution in [3.05, 3.63) is 122 Å². The molecule has 0 saturated heterocycles. The van der Waals surface area contributed by atoms with Gasteiger partial charge in [0.05, 0.1) is 26.4 Å². The van der Waals surface area contributed by atoms with E-state index in [4.69, 9.17) is 37.0 Å². The van der Waals surface area contributed by atoms with Crippen LogP contribution in [0.3, 0.4) is 0 Å². The Bertz CT molecular complexity index is 2440. The minimum absolute atomic E-state index is 0.0370. The number of unbranched alkanes of at least 4 members (excludes halogenated alkanes) is 30. The fourth-order valence-electron chi connectivity index (χ4n) is 10.8. The first-order valence-electron chi connectivity index (χ1n) is 40.8. The van der Waals surface area contributed by atoms with Crippen molar-refractivity contribution in [3.8, 4) is 0 Å². The van der Waals surface area contributed by atoms with Crippen molar-refractivity contribution in [1.82, 2.24) is 0 Å². The predicted octanol–water partition coefficient (Wildman–Crippen LogP) is 23.9. The maximum absolute atomic E-state index is 13.1. The normalized spacial score (nSPS) is 14.5. The summed E-state index contributed by atoms with van der Waals surface area (Å²) in [5, 5.41) is 10.6. The zero-order valence-corrected chi connectivity index (χ0v) is 67.2. The van der Waals surface area contributed by atoms with E-state index in [0.717, 1.165) is 148 Å². The number of hydrogen-bond acceptors (Lipinski definition) is 15. The molecule has 0 amide bonds. The van der Waals surface area contributed by atoms with Crippen molar-refractivity contribution < 1.29 is 80.2 Å². The number of aliphatic hydroxyl groups excluding tert-OH is 1. The molecular formula is C85H146O17P2. The lowest BCUT2D eigenvalue weighted by Gasteiger charge is -2.21. The molecule has 5 atom stereocenters. The molecule has 0 saturated carbocycles. The number of phosphoric ester groups is 2. The summed E-state index contributed by atoms with van der Waals surface area (Å²) in [6.07, 6.45) is 84.8. The Labute approximate surface area is 632 Å². The third-order valence-corrected chi connectivity index (χ3v) is 18.9. The zero-order chi connectivity index (χ0) is 76.0. The van der Waals surface area contributed by atoms with Crippen molar-refractivity contribution in [1.29, 1.82) is 0 Å². The van der Waals surface area contributed by atoms with Gasteiger partial charge in [0.1, 0.15) is 19.3 Å². The van der Waals surface area contributed by atoms with Gasteiger partial charge in [0.2, 0.25) is 0 Å². The summed E-state index contributed by atoms with van der Waals surface area (Å²) in [6.45, 7) is 4.58. The Morgan fingerprint density at radius 1 is 0.279 bits per heavy atom. The van der Waals surface area contributed by atoms with E-state index in [-0.39, 0.29) is 25.7 Å². The van der Waals surface area contributed by atoms with Gasteiger partial charge in [0.25, 0.3) is 0 Å². The molecule has 0 bridgehead atoms. The molecule has 0 aliphatic heterocycles. The molecule has 0 aromatic rings. The first-order valence-corrected chi connectivity index (χ1v) is 43.8. The van der Waals surface area contributed by atoms with E-state index in [1.54, 1.807) is 0 Å². The monoisotopic (exact) mass is 1500 g/mol. The van der Waals surface area contributed by atoms with Crippen LogP contribution in [0.4, 0.5) is 0 Å². The van der Waals surface area contributed by atoms with Gasteiger partial charge >= 0.3 is 39.5 Å². The highest BCUT2D eigenvalue weighted by Crippen LogP contribution is 2.45. The Morgan fingerprint density at radius 3 is 0.827 bits per heavy atom. The fraction of sp³-hybridized carbons (Fsp3) is 0.718. The van der Waals surface area contributed by atoms with Gasteiger partial charge in [-0.2, -0.15) is 0 Å². The van der Waals surface area contributed by atoms with Crippen molar-refractivity contribution in [2.45, 2.75) is 354 Å². The van der Waals surface area contributed by atoms with E-state index in [0.29, 0.717) is 32.1 Å². The first-order chi connectivity index (χ1) is 50.7. The number of carbonyl (C=O) groups excluding carboxylic acids is 4. The quantitative estimate of drug-likeness (QED) is 0.0169. The van der Waals surface area contributed by atoms with Crippen LogP contribution in [0.1, 0.15) is 336 Å². The number of esters is 4. The van der Waals surface area contributed by atoms with Crippen LogP contribution in [0.2, 0.25) is 0 Å². The van der Waals surface area contributed by atoms with Gasteiger partial charge < -0.3 is 33.8 Å². The molecule has 0 aromatic carbocycles. The molecule has 0 fully saturated rings. The number of aliphatic hydroxyl groups is 1. The molecular weight excluding hydrogens is 1350 g/mol. The van der Waals surface area contributed by atoms with E-state index >= 15 is 0 Å². The van der Waals surface area contributed by atoms with Gasteiger partial charge in [-0.3, -0.25) is 37.3 Å². The second kappa shape index (κ2) is 76.6. The number of phosphoric acid groups is 2. The highest BCUT2D eigenvalue weighted by atomic mass is 31.2. The summed E-state index contributed by atoms with van der Waals surface area (Å²) in [5.41, 5.74) is 0. The third kappa shape index (κ3) is 75.7. The zero-order valence-electron chi connectivity index (χ0n) is 65.4. The van der Waals surface area contributed by atoms with Crippen LogP contribution in [0.15, 0.2) is 122 Å². The lowest BCUT2D eigenvalue weighted by molar-refractivity contribution is -0.161. The minimum Gasteiger partial charge on any atom is -0.462 e. The second-order valence-electron chi connectivity index (χ2n) is 27.0. The largest absolute Gasteiger partial charge is 0.472 e. The van der Waals surface area contributed by atoms with Crippen molar-refractivity contribution in [2.24, 2.45) is 0 Å². The molecule has 17 nitrogen and oxygen atoms in total. The number of hydrogen-bond donors (Lipinski definition) is 3. The lowest BCUT2D eigenvalue weighted by atomic mass is 10.0. The van der Waals surface area contributed by atoms with E-state index in [1.165, 1.54) is 103 Å². The van der Waals surface area contributed by atoms with E-state index in [2.05, 4.69) is 131 Å². The van der Waals surface area contributed by atoms with Crippen LogP contribution in [0.25, 0.3) is 0 Å². The maximum atomic E-state index is 13.1. The molecule has 0 heterocycles. The van der Waals surface area contributed by atoms with Gasteiger partial charge in [0.15, 0.2) is 12.2 Å². The Hall–Kier alpha value is -4.54. The molecule has 598 valence electrons. The minimum atomic E-state index is -4.99. The molecule has 0 spiro atoms. The van der Waals surface area contributed by atoms with Gasteiger partial charge in [-0.05, 0) is 103 Å². The van der Waals surface area contributed by atoms with Crippen LogP contribution in [-0.4, -0.2) is 96.7 Å². The molecule has 0 radical (unpaired) electrons. The van der Waals surface area contributed by atoms with Crippen LogP contribution in [0.5, 0.6) is 0 Å². The molecule has 0 aromatic heterocycles. The smallest absolute Gasteiger partial charge is 0.462 e. The summed E-state index contributed by atoms with van der Waals surface area (Å²) in [4.78, 5) is 73.0. The van der Waals surface area contributed by atoms with Gasteiger partial charge in [-0.25, -0.2) is 9.13 Å². The fourth-order valence-corrected chi connectivity index (χ4v) is 12.4. The summed E-state index contributed by atoms with van der Waals surface area (Å²) < 4.78 is 68.6. The lowest BCUT2D eigenvalue weighted by Crippen LogP contribution is -2.30. The number of carbonyl (C=O) groups is 4. The number of allylic oxidation sites excluding steroid dienone is 20. The van der Waals surface area contributed by atoms with Crippen molar-refractivity contribution in [3.63, 3.8) is 0 Å². The summed E-state index contributed by atoms with van der Waals surface area (Å²) in [5.74, 6) is -2.27. The number of rotatable bonds is 76.